The molecule has 0 aliphatic rings. The van der Waals surface area contributed by atoms with Gasteiger partial charge in [0.25, 0.3) is 0 Å². The van der Waals surface area contributed by atoms with Gasteiger partial charge in [0.05, 0.1) is 23.8 Å². The predicted molar refractivity (Wildman–Crippen MR) is 112 cm³/mol. The SMILES string of the molecule is CC.CC.CCc1ccc(-n2cncc2C(O)c2c(Cl)ncnc2Cl)cc1. The van der Waals surface area contributed by atoms with E-state index >= 15 is 0 Å². The zero-order valence-corrected chi connectivity index (χ0v) is 17.8. The lowest BCUT2D eigenvalue weighted by molar-refractivity contribution is 0.212. The van der Waals surface area contributed by atoms with Crippen LogP contribution in [0.5, 0.6) is 0 Å². The zero-order valence-electron chi connectivity index (χ0n) is 16.3. The molecule has 0 aliphatic carbocycles. The Kier molecular flexibility index (Phi) is 10.0. The van der Waals surface area contributed by atoms with Crippen LogP contribution in [0, 0.1) is 0 Å². The van der Waals surface area contributed by atoms with Gasteiger partial charge in [-0.25, -0.2) is 15.0 Å². The molecule has 7 heteroatoms. The maximum atomic E-state index is 10.7. The van der Waals surface area contributed by atoms with E-state index in [1.54, 1.807) is 17.1 Å². The van der Waals surface area contributed by atoms with Crippen LogP contribution in [0.4, 0.5) is 0 Å². The molecule has 3 rings (SSSR count). The number of benzene rings is 1. The second kappa shape index (κ2) is 11.7. The van der Waals surface area contributed by atoms with Crippen LogP contribution in [0.2, 0.25) is 10.3 Å². The van der Waals surface area contributed by atoms with E-state index in [4.69, 9.17) is 23.2 Å². The third kappa shape index (κ3) is 5.51. The standard InChI is InChI=1S/C16H14Cl2N4O.2C2H6/c1-2-10-3-5-11(6-4-10)22-9-19-7-12(22)14(23)13-15(17)20-8-21-16(13)18;2*1-2/h3-9,14,23H,2H2,1H3;2*1-2H3. The molecular weight excluding hydrogens is 383 g/mol. The van der Waals surface area contributed by atoms with Gasteiger partial charge in [0.2, 0.25) is 0 Å². The van der Waals surface area contributed by atoms with E-state index in [0.29, 0.717) is 5.69 Å². The highest BCUT2D eigenvalue weighted by atomic mass is 35.5. The molecule has 2 heterocycles. The minimum Gasteiger partial charge on any atom is -0.382 e. The van der Waals surface area contributed by atoms with E-state index in [9.17, 15) is 5.11 Å². The van der Waals surface area contributed by atoms with E-state index in [-0.39, 0.29) is 15.9 Å². The molecule has 0 aliphatic heterocycles. The van der Waals surface area contributed by atoms with Gasteiger partial charge >= 0.3 is 0 Å². The Morgan fingerprint density at radius 2 is 1.56 bits per heavy atom. The van der Waals surface area contributed by atoms with Gasteiger partial charge in [-0.15, -0.1) is 0 Å². The molecule has 1 aromatic carbocycles. The molecule has 146 valence electrons. The fourth-order valence-electron chi connectivity index (χ4n) is 2.34. The van der Waals surface area contributed by atoms with Gasteiger partial charge in [-0.1, -0.05) is 70.0 Å². The third-order valence-corrected chi connectivity index (χ3v) is 4.23. The normalized spacial score (nSPS) is 11.0. The average Bonchev–Trinajstić information content (AvgIpc) is 3.21. The quantitative estimate of drug-likeness (QED) is 0.565. The lowest BCUT2D eigenvalue weighted by Crippen LogP contribution is -2.09. The summed E-state index contributed by atoms with van der Waals surface area (Å²) in [6.45, 7) is 10.1. The maximum Gasteiger partial charge on any atom is 0.140 e. The minimum atomic E-state index is -1.08. The van der Waals surface area contributed by atoms with Crippen LogP contribution in [0.15, 0.2) is 43.1 Å². The van der Waals surface area contributed by atoms with Crippen molar-refractivity contribution in [3.05, 3.63) is 70.2 Å². The van der Waals surface area contributed by atoms with Crippen molar-refractivity contribution in [2.75, 3.05) is 0 Å². The highest BCUT2D eigenvalue weighted by Crippen LogP contribution is 2.32. The van der Waals surface area contributed by atoms with Gasteiger partial charge in [0, 0.05) is 5.69 Å². The van der Waals surface area contributed by atoms with Gasteiger partial charge in [0.1, 0.15) is 22.7 Å². The Morgan fingerprint density at radius 3 is 2.07 bits per heavy atom. The number of aliphatic hydroxyl groups excluding tert-OH is 1. The van der Waals surface area contributed by atoms with E-state index in [2.05, 4.69) is 21.9 Å². The number of aliphatic hydroxyl groups is 1. The van der Waals surface area contributed by atoms with Crippen molar-refractivity contribution in [3.8, 4) is 5.69 Å². The van der Waals surface area contributed by atoms with Gasteiger partial charge in [-0.05, 0) is 24.1 Å². The Balaban J connectivity index is 0.000000855. The highest BCUT2D eigenvalue weighted by Gasteiger charge is 2.23. The van der Waals surface area contributed by atoms with Crippen LogP contribution in [0.3, 0.4) is 0 Å². The smallest absolute Gasteiger partial charge is 0.140 e. The van der Waals surface area contributed by atoms with Crippen molar-refractivity contribution in [1.29, 1.82) is 0 Å². The molecule has 2 aromatic heterocycles. The Hall–Kier alpha value is -1.95. The van der Waals surface area contributed by atoms with Gasteiger partial charge in [0.15, 0.2) is 0 Å². The van der Waals surface area contributed by atoms with Crippen LogP contribution in [-0.4, -0.2) is 24.6 Å². The number of rotatable bonds is 4. The van der Waals surface area contributed by atoms with E-state index in [1.165, 1.54) is 11.9 Å². The van der Waals surface area contributed by atoms with E-state index < -0.39 is 6.10 Å². The largest absolute Gasteiger partial charge is 0.382 e. The molecule has 0 saturated heterocycles. The molecule has 0 bridgehead atoms. The van der Waals surface area contributed by atoms with Crippen LogP contribution in [-0.2, 0) is 6.42 Å². The Bertz CT molecular complexity index is 799. The molecule has 0 spiro atoms. The molecule has 1 atom stereocenters. The molecular formula is C20H26Cl2N4O. The summed E-state index contributed by atoms with van der Waals surface area (Å²) in [5, 5.41) is 10.9. The number of hydrogen-bond acceptors (Lipinski definition) is 4. The number of nitrogens with zero attached hydrogens (tertiary/aromatic N) is 4. The first-order chi connectivity index (χ1) is 13.1. The summed E-state index contributed by atoms with van der Waals surface area (Å²) in [5.41, 5.74) is 2.92. The second-order valence-corrected chi connectivity index (χ2v) is 5.70. The maximum absolute atomic E-state index is 10.7. The molecule has 1 N–H and O–H groups in total. The first-order valence-electron chi connectivity index (χ1n) is 9.07. The molecule has 27 heavy (non-hydrogen) atoms. The molecule has 0 fully saturated rings. The molecule has 5 nitrogen and oxygen atoms in total. The van der Waals surface area contributed by atoms with Gasteiger partial charge in [-0.2, -0.15) is 0 Å². The summed E-state index contributed by atoms with van der Waals surface area (Å²) in [5.74, 6) is 0. The van der Waals surface area contributed by atoms with Crippen molar-refractivity contribution in [2.24, 2.45) is 0 Å². The Morgan fingerprint density at radius 1 is 1.00 bits per heavy atom. The number of imidazole rings is 1. The molecule has 0 radical (unpaired) electrons. The van der Waals surface area contributed by atoms with Crippen LogP contribution in [0.1, 0.15) is 57.5 Å². The Labute approximate surface area is 171 Å². The first kappa shape index (κ1) is 23.1. The minimum absolute atomic E-state index is 0.117. The summed E-state index contributed by atoms with van der Waals surface area (Å²) in [4.78, 5) is 11.9. The molecule has 0 amide bonds. The average molecular weight is 409 g/mol. The van der Waals surface area contributed by atoms with E-state index in [0.717, 1.165) is 12.1 Å². The topological polar surface area (TPSA) is 63.8 Å². The molecule has 3 aromatic rings. The number of aromatic nitrogens is 4. The van der Waals surface area contributed by atoms with Gasteiger partial charge < -0.3 is 9.67 Å². The summed E-state index contributed by atoms with van der Waals surface area (Å²) < 4.78 is 1.78. The highest BCUT2D eigenvalue weighted by molar-refractivity contribution is 6.34. The number of aryl methyl sites for hydroxylation is 1. The fraction of sp³-hybridized carbons (Fsp3) is 0.350. The van der Waals surface area contributed by atoms with Crippen LogP contribution in [0.25, 0.3) is 5.69 Å². The first-order valence-corrected chi connectivity index (χ1v) is 9.83. The third-order valence-electron chi connectivity index (χ3n) is 3.63. The van der Waals surface area contributed by atoms with Crippen molar-refractivity contribution in [3.63, 3.8) is 0 Å². The number of halogens is 2. The van der Waals surface area contributed by atoms with Crippen LogP contribution < -0.4 is 0 Å². The molecule has 1 unspecified atom stereocenters. The lowest BCUT2D eigenvalue weighted by Gasteiger charge is -2.16. The summed E-state index contributed by atoms with van der Waals surface area (Å²) in [7, 11) is 0. The predicted octanol–water partition coefficient (Wildman–Crippen LogP) is 5.67. The monoisotopic (exact) mass is 408 g/mol. The van der Waals surface area contributed by atoms with E-state index in [1.807, 2.05) is 52.0 Å². The number of hydrogen-bond donors (Lipinski definition) is 1. The summed E-state index contributed by atoms with van der Waals surface area (Å²) >= 11 is 12.1. The zero-order chi connectivity index (χ0) is 20.4. The van der Waals surface area contributed by atoms with Crippen molar-refractivity contribution in [1.82, 2.24) is 19.5 Å². The molecule has 0 saturated carbocycles. The van der Waals surface area contributed by atoms with Crippen molar-refractivity contribution >= 4 is 23.2 Å². The summed E-state index contributed by atoms with van der Waals surface area (Å²) in [6, 6.07) is 8.02. The second-order valence-electron chi connectivity index (χ2n) is 4.98. The lowest BCUT2D eigenvalue weighted by atomic mass is 10.1. The van der Waals surface area contributed by atoms with Crippen molar-refractivity contribution in [2.45, 2.75) is 47.1 Å². The van der Waals surface area contributed by atoms with Crippen LogP contribution >= 0.6 is 23.2 Å². The van der Waals surface area contributed by atoms with Gasteiger partial charge in [-0.3, -0.25) is 0 Å². The summed E-state index contributed by atoms with van der Waals surface area (Å²) in [6.07, 6.45) is 4.33. The van der Waals surface area contributed by atoms with Crippen molar-refractivity contribution < 1.29 is 5.11 Å². The fourth-order valence-corrected chi connectivity index (χ4v) is 2.86.